The number of halogens is 1. The molecule has 6 nitrogen and oxygen atoms in total. The van der Waals surface area contributed by atoms with Crippen molar-refractivity contribution in [3.05, 3.63) is 70.9 Å². The first-order chi connectivity index (χ1) is 15.0. The van der Waals surface area contributed by atoms with Gasteiger partial charge in [0.25, 0.3) is 5.91 Å². The van der Waals surface area contributed by atoms with E-state index in [4.69, 9.17) is 10.1 Å². The van der Waals surface area contributed by atoms with E-state index in [2.05, 4.69) is 17.1 Å². The zero-order valence-electron chi connectivity index (χ0n) is 17.2. The molecule has 0 unspecified atom stereocenters. The number of nitrogens with zero attached hydrogens (tertiary/aromatic N) is 2. The molecule has 1 aromatic heterocycles. The van der Waals surface area contributed by atoms with Gasteiger partial charge in [0.15, 0.2) is 5.13 Å². The van der Waals surface area contributed by atoms with Gasteiger partial charge in [0.05, 0.1) is 5.69 Å². The number of amides is 1. The van der Waals surface area contributed by atoms with Crippen molar-refractivity contribution in [2.75, 3.05) is 18.0 Å². The normalized spacial score (nSPS) is 10.6. The van der Waals surface area contributed by atoms with E-state index in [0.29, 0.717) is 12.1 Å². The number of benzene rings is 2. The standard InChI is InChI=1S/C23H24FN3O3S/c1-2-3-12-27(23-26-20(15-31-23)17-8-10-19(24)11-9-17)14-16-4-6-18(7-5-16)22(30)25-13-21(28)29/h4-11,15H,2-3,12-14H2,1H3,(H,25,30)(H,28,29). The lowest BCUT2D eigenvalue weighted by atomic mass is 10.1. The Bertz CT molecular complexity index is 1020. The third-order valence-electron chi connectivity index (χ3n) is 4.67. The quantitative estimate of drug-likeness (QED) is 0.482. The molecule has 0 bridgehead atoms. The highest BCUT2D eigenvalue weighted by atomic mass is 32.1. The number of carboxylic acid groups (broad SMARTS) is 1. The second-order valence-electron chi connectivity index (χ2n) is 7.07. The number of nitrogens with one attached hydrogen (secondary N) is 1. The third kappa shape index (κ3) is 6.36. The molecule has 8 heteroatoms. The molecule has 0 atom stereocenters. The second kappa shape index (κ2) is 10.7. The first kappa shape index (κ1) is 22.4. The van der Waals surface area contributed by atoms with Gasteiger partial charge >= 0.3 is 5.97 Å². The van der Waals surface area contributed by atoms with Crippen LogP contribution in [0.2, 0.25) is 0 Å². The van der Waals surface area contributed by atoms with Crippen molar-refractivity contribution in [2.45, 2.75) is 26.3 Å². The molecule has 31 heavy (non-hydrogen) atoms. The molecule has 3 rings (SSSR count). The van der Waals surface area contributed by atoms with Crippen molar-refractivity contribution in [3.63, 3.8) is 0 Å². The molecule has 0 saturated carbocycles. The van der Waals surface area contributed by atoms with Crippen LogP contribution in [-0.2, 0) is 11.3 Å². The lowest BCUT2D eigenvalue weighted by Crippen LogP contribution is -2.29. The summed E-state index contributed by atoms with van der Waals surface area (Å²) >= 11 is 1.55. The van der Waals surface area contributed by atoms with Crippen molar-refractivity contribution in [2.24, 2.45) is 0 Å². The number of hydrogen-bond donors (Lipinski definition) is 2. The highest BCUT2D eigenvalue weighted by Gasteiger charge is 2.14. The lowest BCUT2D eigenvalue weighted by molar-refractivity contribution is -0.135. The Labute approximate surface area is 184 Å². The van der Waals surface area contributed by atoms with Gasteiger partial charge in [0.2, 0.25) is 0 Å². The molecule has 0 aliphatic rings. The smallest absolute Gasteiger partial charge is 0.322 e. The number of carbonyl (C=O) groups is 2. The van der Waals surface area contributed by atoms with Crippen LogP contribution in [0.5, 0.6) is 0 Å². The number of thiazole rings is 1. The van der Waals surface area contributed by atoms with Crippen molar-refractivity contribution >= 4 is 28.3 Å². The molecular formula is C23H24FN3O3S. The molecule has 1 heterocycles. The van der Waals surface area contributed by atoms with E-state index in [9.17, 15) is 14.0 Å². The van der Waals surface area contributed by atoms with Crippen molar-refractivity contribution in [1.82, 2.24) is 10.3 Å². The van der Waals surface area contributed by atoms with Crippen LogP contribution in [0, 0.1) is 5.82 Å². The molecule has 0 radical (unpaired) electrons. The van der Waals surface area contributed by atoms with Gasteiger partial charge in [-0.15, -0.1) is 11.3 Å². The maximum Gasteiger partial charge on any atom is 0.322 e. The Morgan fingerprint density at radius 3 is 2.48 bits per heavy atom. The molecule has 0 saturated heterocycles. The molecule has 162 valence electrons. The maximum atomic E-state index is 13.2. The number of rotatable bonds is 10. The molecule has 2 aromatic carbocycles. The van der Waals surface area contributed by atoms with Gasteiger partial charge in [-0.05, 0) is 48.4 Å². The Hall–Kier alpha value is -3.26. The second-order valence-corrected chi connectivity index (χ2v) is 7.91. The number of hydrogen-bond acceptors (Lipinski definition) is 5. The van der Waals surface area contributed by atoms with Crippen LogP contribution < -0.4 is 10.2 Å². The van der Waals surface area contributed by atoms with E-state index in [1.54, 1.807) is 35.6 Å². The summed E-state index contributed by atoms with van der Waals surface area (Å²) in [4.78, 5) is 29.5. The molecule has 0 aliphatic heterocycles. The zero-order valence-corrected chi connectivity index (χ0v) is 18.0. The summed E-state index contributed by atoms with van der Waals surface area (Å²) in [5.74, 6) is -1.77. The number of aromatic nitrogens is 1. The van der Waals surface area contributed by atoms with Gasteiger partial charge in [-0.1, -0.05) is 25.5 Å². The summed E-state index contributed by atoms with van der Waals surface area (Å²) in [6, 6.07) is 13.4. The number of carboxylic acids is 1. The van der Waals surface area contributed by atoms with E-state index >= 15 is 0 Å². The molecule has 0 fully saturated rings. The maximum absolute atomic E-state index is 13.2. The number of anilines is 1. The van der Waals surface area contributed by atoms with E-state index in [0.717, 1.165) is 41.3 Å². The van der Waals surface area contributed by atoms with Crippen molar-refractivity contribution in [1.29, 1.82) is 0 Å². The SMILES string of the molecule is CCCCN(Cc1ccc(C(=O)NCC(=O)O)cc1)c1nc(-c2ccc(F)cc2)cs1. The molecular weight excluding hydrogens is 417 g/mol. The van der Waals surface area contributed by atoms with Crippen LogP contribution >= 0.6 is 11.3 Å². The van der Waals surface area contributed by atoms with Gasteiger partial charge < -0.3 is 15.3 Å². The highest BCUT2D eigenvalue weighted by Crippen LogP contribution is 2.29. The predicted molar refractivity (Wildman–Crippen MR) is 120 cm³/mol. The first-order valence-corrected chi connectivity index (χ1v) is 10.9. The van der Waals surface area contributed by atoms with Gasteiger partial charge in [0.1, 0.15) is 12.4 Å². The Kier molecular flexibility index (Phi) is 7.72. The summed E-state index contributed by atoms with van der Waals surface area (Å²) < 4.78 is 13.2. The largest absolute Gasteiger partial charge is 0.480 e. The summed E-state index contributed by atoms with van der Waals surface area (Å²) in [5.41, 5.74) is 3.12. The van der Waals surface area contributed by atoms with Gasteiger partial charge in [-0.2, -0.15) is 0 Å². The van der Waals surface area contributed by atoms with Gasteiger partial charge in [-0.3, -0.25) is 9.59 Å². The van der Waals surface area contributed by atoms with Crippen LogP contribution in [0.1, 0.15) is 35.7 Å². The fraction of sp³-hybridized carbons (Fsp3) is 0.261. The minimum Gasteiger partial charge on any atom is -0.480 e. The molecule has 0 aliphatic carbocycles. The Balaban J connectivity index is 1.72. The summed E-state index contributed by atoms with van der Waals surface area (Å²) in [6.07, 6.45) is 2.07. The summed E-state index contributed by atoms with van der Waals surface area (Å²) in [7, 11) is 0. The van der Waals surface area contributed by atoms with E-state index in [1.807, 2.05) is 17.5 Å². The van der Waals surface area contributed by atoms with Crippen LogP contribution in [0.15, 0.2) is 53.9 Å². The van der Waals surface area contributed by atoms with Crippen LogP contribution in [-0.4, -0.2) is 35.1 Å². The van der Waals surface area contributed by atoms with Crippen molar-refractivity contribution in [3.8, 4) is 11.3 Å². The van der Waals surface area contributed by atoms with Gasteiger partial charge in [-0.25, -0.2) is 9.37 Å². The minimum absolute atomic E-state index is 0.274. The Morgan fingerprint density at radius 1 is 1.13 bits per heavy atom. The summed E-state index contributed by atoms with van der Waals surface area (Å²) in [5, 5.41) is 13.9. The van der Waals surface area contributed by atoms with E-state index in [1.165, 1.54) is 12.1 Å². The molecule has 1 amide bonds. The fourth-order valence-corrected chi connectivity index (χ4v) is 3.86. The van der Waals surface area contributed by atoms with Crippen molar-refractivity contribution < 1.29 is 19.1 Å². The minimum atomic E-state index is -1.08. The highest BCUT2D eigenvalue weighted by molar-refractivity contribution is 7.14. The Morgan fingerprint density at radius 2 is 1.84 bits per heavy atom. The van der Waals surface area contributed by atoms with E-state index < -0.39 is 18.4 Å². The third-order valence-corrected chi connectivity index (χ3v) is 5.58. The zero-order chi connectivity index (χ0) is 22.2. The number of aliphatic carboxylic acids is 1. The molecule has 2 N–H and O–H groups in total. The first-order valence-electron chi connectivity index (χ1n) is 10.0. The topological polar surface area (TPSA) is 82.5 Å². The number of unbranched alkanes of at least 4 members (excludes halogenated alkanes) is 1. The monoisotopic (exact) mass is 441 g/mol. The van der Waals surface area contributed by atoms with E-state index in [-0.39, 0.29) is 5.82 Å². The molecule has 3 aromatic rings. The molecule has 0 spiro atoms. The van der Waals surface area contributed by atoms with Crippen LogP contribution in [0.4, 0.5) is 9.52 Å². The lowest BCUT2D eigenvalue weighted by Gasteiger charge is -2.22. The van der Waals surface area contributed by atoms with Crippen LogP contribution in [0.3, 0.4) is 0 Å². The number of carbonyl (C=O) groups excluding carboxylic acids is 1. The van der Waals surface area contributed by atoms with Crippen LogP contribution in [0.25, 0.3) is 11.3 Å². The summed E-state index contributed by atoms with van der Waals surface area (Å²) in [6.45, 7) is 3.20. The average molecular weight is 442 g/mol. The average Bonchev–Trinajstić information content (AvgIpc) is 3.26. The van der Waals surface area contributed by atoms with Gasteiger partial charge in [0, 0.05) is 29.6 Å². The fourth-order valence-electron chi connectivity index (χ4n) is 2.99. The predicted octanol–water partition coefficient (Wildman–Crippen LogP) is 4.57.